The van der Waals surface area contributed by atoms with Crippen LogP contribution in [0, 0.1) is 0 Å². The van der Waals surface area contributed by atoms with E-state index in [-0.39, 0.29) is 6.61 Å². The Hall–Kier alpha value is -0.240. The molecule has 0 amide bonds. The summed E-state index contributed by atoms with van der Waals surface area (Å²) in [5.41, 5.74) is 0. The van der Waals surface area contributed by atoms with Gasteiger partial charge in [-0.2, -0.15) is 0 Å². The number of unbranched alkanes of at least 4 members (excludes halogenated alkanes) is 5. The fourth-order valence-electron chi connectivity index (χ4n) is 2.56. The molecule has 1 heterocycles. The Morgan fingerprint density at radius 2 is 1.67 bits per heavy atom. The van der Waals surface area contributed by atoms with E-state index >= 15 is 0 Å². The molecule has 0 spiro atoms. The number of ether oxygens (including phenoxy) is 3. The summed E-state index contributed by atoms with van der Waals surface area (Å²) in [5, 5.41) is 29.3. The number of methoxy groups -OCH3 is 1. The van der Waals surface area contributed by atoms with Crippen molar-refractivity contribution in [3.63, 3.8) is 0 Å². The van der Waals surface area contributed by atoms with Gasteiger partial charge in [-0.1, -0.05) is 39.0 Å². The van der Waals surface area contributed by atoms with Crippen LogP contribution in [0.2, 0.25) is 0 Å². The molecule has 0 radical (unpaired) electrons. The van der Waals surface area contributed by atoms with Crippen molar-refractivity contribution in [2.45, 2.75) is 76.2 Å². The van der Waals surface area contributed by atoms with Gasteiger partial charge in [0, 0.05) is 13.7 Å². The Morgan fingerprint density at radius 3 is 2.29 bits per heavy atom. The summed E-state index contributed by atoms with van der Waals surface area (Å²) in [5.74, 6) is 0. The van der Waals surface area contributed by atoms with Crippen LogP contribution in [0.25, 0.3) is 0 Å². The molecule has 1 fully saturated rings. The summed E-state index contributed by atoms with van der Waals surface area (Å²) >= 11 is 0. The highest BCUT2D eigenvalue weighted by atomic mass is 16.7. The Kier molecular flexibility index (Phi) is 9.39. The Balaban J connectivity index is 2.31. The van der Waals surface area contributed by atoms with Crippen LogP contribution in [0.3, 0.4) is 0 Å². The van der Waals surface area contributed by atoms with Gasteiger partial charge in [-0.05, 0) is 6.42 Å². The zero-order valence-corrected chi connectivity index (χ0v) is 13.1. The minimum atomic E-state index is -1.17. The van der Waals surface area contributed by atoms with Gasteiger partial charge in [-0.15, -0.1) is 0 Å². The molecular weight excluding hydrogens is 276 g/mol. The highest BCUT2D eigenvalue weighted by Gasteiger charge is 2.45. The van der Waals surface area contributed by atoms with Gasteiger partial charge in [0.25, 0.3) is 0 Å². The topological polar surface area (TPSA) is 88.4 Å². The second-order valence-electron chi connectivity index (χ2n) is 5.55. The first-order valence-corrected chi connectivity index (χ1v) is 7.92. The molecule has 21 heavy (non-hydrogen) atoms. The third-order valence-electron chi connectivity index (χ3n) is 3.86. The smallest absolute Gasteiger partial charge is 0.186 e. The summed E-state index contributed by atoms with van der Waals surface area (Å²) in [6.07, 6.45) is 2.22. The fourth-order valence-corrected chi connectivity index (χ4v) is 2.56. The molecule has 126 valence electrons. The highest BCUT2D eigenvalue weighted by molar-refractivity contribution is 4.90. The van der Waals surface area contributed by atoms with Gasteiger partial charge in [0.1, 0.15) is 24.4 Å². The largest absolute Gasteiger partial charge is 0.394 e. The molecule has 0 saturated carbocycles. The lowest BCUT2D eigenvalue weighted by Crippen LogP contribution is -2.59. The summed E-state index contributed by atoms with van der Waals surface area (Å²) in [6.45, 7) is 2.38. The Bertz CT molecular complexity index is 261. The van der Waals surface area contributed by atoms with Crippen LogP contribution >= 0.6 is 0 Å². The molecule has 0 bridgehead atoms. The van der Waals surface area contributed by atoms with E-state index in [0.29, 0.717) is 6.61 Å². The van der Waals surface area contributed by atoms with Gasteiger partial charge in [0.15, 0.2) is 6.29 Å². The van der Waals surface area contributed by atoms with Gasteiger partial charge >= 0.3 is 0 Å². The van der Waals surface area contributed by atoms with Gasteiger partial charge in [-0.3, -0.25) is 0 Å². The van der Waals surface area contributed by atoms with Crippen LogP contribution in [0.4, 0.5) is 0 Å². The molecule has 6 nitrogen and oxygen atoms in total. The number of aliphatic hydroxyl groups is 3. The molecule has 1 aliphatic heterocycles. The molecule has 1 aliphatic rings. The standard InChI is InChI=1S/C15H30O6/c1-3-4-5-6-7-8-9-20-14-11(10-16)21-15(19-2)13(18)12(14)17/h11-18H,3-10H2,1-2H3/t11-,12-,13-,14-,15-/m1/s1. The van der Waals surface area contributed by atoms with Gasteiger partial charge < -0.3 is 29.5 Å². The van der Waals surface area contributed by atoms with Crippen molar-refractivity contribution in [2.24, 2.45) is 0 Å². The average Bonchev–Trinajstić information content (AvgIpc) is 2.50. The van der Waals surface area contributed by atoms with Gasteiger partial charge in [0.2, 0.25) is 0 Å². The van der Waals surface area contributed by atoms with Crippen molar-refractivity contribution in [3.8, 4) is 0 Å². The molecule has 0 aliphatic carbocycles. The van der Waals surface area contributed by atoms with E-state index < -0.39 is 30.7 Å². The van der Waals surface area contributed by atoms with Gasteiger partial charge in [0.05, 0.1) is 6.61 Å². The molecule has 0 aromatic rings. The van der Waals surface area contributed by atoms with Crippen molar-refractivity contribution in [2.75, 3.05) is 20.3 Å². The van der Waals surface area contributed by atoms with E-state index in [9.17, 15) is 15.3 Å². The molecule has 6 heteroatoms. The first-order chi connectivity index (χ1) is 10.2. The first kappa shape index (κ1) is 18.8. The van der Waals surface area contributed by atoms with Crippen LogP contribution in [-0.4, -0.2) is 66.3 Å². The summed E-state index contributed by atoms with van der Waals surface area (Å²) in [4.78, 5) is 0. The van der Waals surface area contributed by atoms with E-state index in [4.69, 9.17) is 14.2 Å². The fraction of sp³-hybridized carbons (Fsp3) is 1.00. The third kappa shape index (κ3) is 5.81. The SMILES string of the molecule is CCCCCCCCO[C@H]1[C@H](O)[C@@H](O)[C@H](OC)O[C@@H]1CO. The van der Waals surface area contributed by atoms with E-state index in [1.54, 1.807) is 0 Å². The van der Waals surface area contributed by atoms with Crippen LogP contribution < -0.4 is 0 Å². The summed E-state index contributed by atoms with van der Waals surface area (Å²) in [6, 6.07) is 0. The molecule has 0 aromatic heterocycles. The third-order valence-corrected chi connectivity index (χ3v) is 3.86. The minimum absolute atomic E-state index is 0.287. The average molecular weight is 306 g/mol. The van der Waals surface area contributed by atoms with Crippen LogP contribution in [0.15, 0.2) is 0 Å². The predicted octanol–water partition coefficient (Wildman–Crippen LogP) is 0.817. The number of hydrogen-bond donors (Lipinski definition) is 3. The monoisotopic (exact) mass is 306 g/mol. The summed E-state index contributed by atoms with van der Waals surface area (Å²) in [7, 11) is 1.38. The van der Waals surface area contributed by atoms with Crippen molar-refractivity contribution < 1.29 is 29.5 Å². The lowest BCUT2D eigenvalue weighted by Gasteiger charge is -2.41. The van der Waals surface area contributed by atoms with Gasteiger partial charge in [-0.25, -0.2) is 0 Å². The zero-order valence-electron chi connectivity index (χ0n) is 13.1. The second kappa shape index (κ2) is 10.5. The lowest BCUT2D eigenvalue weighted by molar-refractivity contribution is -0.301. The second-order valence-corrected chi connectivity index (χ2v) is 5.55. The molecule has 0 aromatic carbocycles. The number of hydrogen-bond acceptors (Lipinski definition) is 6. The van der Waals surface area contributed by atoms with Crippen LogP contribution in [-0.2, 0) is 14.2 Å². The molecule has 1 rings (SSSR count). The molecule has 3 N–H and O–H groups in total. The Labute approximate surface area is 127 Å². The predicted molar refractivity (Wildman–Crippen MR) is 77.9 cm³/mol. The quantitative estimate of drug-likeness (QED) is 0.518. The number of rotatable bonds is 10. The Morgan fingerprint density at radius 1 is 1.00 bits per heavy atom. The number of aliphatic hydroxyl groups excluding tert-OH is 3. The maximum Gasteiger partial charge on any atom is 0.186 e. The van der Waals surface area contributed by atoms with Crippen molar-refractivity contribution in [3.05, 3.63) is 0 Å². The normalized spacial score (nSPS) is 33.3. The lowest BCUT2D eigenvalue weighted by atomic mass is 9.99. The van der Waals surface area contributed by atoms with E-state index in [2.05, 4.69) is 6.92 Å². The van der Waals surface area contributed by atoms with Crippen LogP contribution in [0.1, 0.15) is 45.4 Å². The minimum Gasteiger partial charge on any atom is -0.394 e. The maximum absolute atomic E-state index is 10.1. The molecule has 0 unspecified atom stereocenters. The summed E-state index contributed by atoms with van der Waals surface area (Å²) < 4.78 is 15.9. The van der Waals surface area contributed by atoms with E-state index in [0.717, 1.165) is 12.8 Å². The van der Waals surface area contributed by atoms with Crippen molar-refractivity contribution in [1.82, 2.24) is 0 Å². The van der Waals surface area contributed by atoms with Crippen LogP contribution in [0.5, 0.6) is 0 Å². The molecular formula is C15H30O6. The van der Waals surface area contributed by atoms with E-state index in [1.165, 1.54) is 32.8 Å². The maximum atomic E-state index is 10.1. The van der Waals surface area contributed by atoms with E-state index in [1.807, 2.05) is 0 Å². The highest BCUT2D eigenvalue weighted by Crippen LogP contribution is 2.24. The first-order valence-electron chi connectivity index (χ1n) is 7.92. The van der Waals surface area contributed by atoms with Crippen molar-refractivity contribution >= 4 is 0 Å². The zero-order chi connectivity index (χ0) is 15.7. The van der Waals surface area contributed by atoms with Crippen molar-refractivity contribution in [1.29, 1.82) is 0 Å². The molecule has 5 atom stereocenters. The molecule has 1 saturated heterocycles.